The van der Waals surface area contributed by atoms with Gasteiger partial charge in [-0.1, -0.05) is 36.9 Å². The Hall–Kier alpha value is -3.07. The van der Waals surface area contributed by atoms with E-state index in [1.807, 2.05) is 30.3 Å². The molecule has 0 saturated carbocycles. The maximum Gasteiger partial charge on any atom is 0.412 e. The van der Waals surface area contributed by atoms with E-state index in [2.05, 4.69) is 6.58 Å². The molecule has 9 heteroatoms. The molecule has 1 aliphatic rings. The number of rotatable bonds is 8. The third-order valence-corrected chi connectivity index (χ3v) is 5.58. The predicted octanol–water partition coefficient (Wildman–Crippen LogP) is 4.51. The highest BCUT2D eigenvalue weighted by Gasteiger charge is 2.51. The molecule has 2 rings (SSSR count). The number of ether oxygens (including phenoxy) is 4. The number of hydrogen-bond acceptors (Lipinski definition) is 7. The van der Waals surface area contributed by atoms with Crippen molar-refractivity contribution >= 4 is 18.2 Å². The molecule has 0 unspecified atom stereocenters. The summed E-state index contributed by atoms with van der Waals surface area (Å²) in [6, 6.07) is 8.04. The summed E-state index contributed by atoms with van der Waals surface area (Å²) in [4.78, 5) is 41.8. The highest BCUT2D eigenvalue weighted by atomic mass is 16.6. The van der Waals surface area contributed by atoms with E-state index >= 15 is 0 Å². The summed E-state index contributed by atoms with van der Waals surface area (Å²) in [6.07, 6.45) is -1.11. The van der Waals surface area contributed by atoms with Gasteiger partial charge in [0.05, 0.1) is 32.4 Å². The van der Waals surface area contributed by atoms with Crippen molar-refractivity contribution in [2.24, 2.45) is 0 Å². The molecule has 2 atom stereocenters. The van der Waals surface area contributed by atoms with E-state index in [4.69, 9.17) is 18.9 Å². The van der Waals surface area contributed by atoms with Gasteiger partial charge in [-0.2, -0.15) is 0 Å². The lowest BCUT2D eigenvalue weighted by molar-refractivity contribution is -0.136. The second kappa shape index (κ2) is 11.6. The molecule has 1 aromatic carbocycles. The molecule has 1 aliphatic heterocycles. The quantitative estimate of drug-likeness (QED) is 0.301. The molecule has 1 heterocycles. The van der Waals surface area contributed by atoms with Crippen LogP contribution in [0.5, 0.6) is 0 Å². The zero-order valence-corrected chi connectivity index (χ0v) is 21.8. The predicted molar refractivity (Wildman–Crippen MR) is 130 cm³/mol. The Morgan fingerprint density at radius 3 is 2.40 bits per heavy atom. The van der Waals surface area contributed by atoms with Crippen molar-refractivity contribution < 1.29 is 33.3 Å². The highest BCUT2D eigenvalue weighted by molar-refractivity contribution is 5.87. The van der Waals surface area contributed by atoms with Crippen LogP contribution in [-0.2, 0) is 30.3 Å². The fourth-order valence-electron chi connectivity index (χ4n) is 4.02. The van der Waals surface area contributed by atoms with E-state index < -0.39 is 41.6 Å². The third kappa shape index (κ3) is 7.45. The van der Waals surface area contributed by atoms with E-state index in [9.17, 15) is 14.4 Å². The highest BCUT2D eigenvalue weighted by Crippen LogP contribution is 2.35. The van der Waals surface area contributed by atoms with Crippen molar-refractivity contribution in [3.8, 4) is 0 Å². The van der Waals surface area contributed by atoms with Gasteiger partial charge < -0.3 is 18.9 Å². The van der Waals surface area contributed by atoms with Crippen molar-refractivity contribution in [2.45, 2.75) is 77.9 Å². The number of nitrogens with zero attached hydrogens (tertiary/aromatic N) is 2. The first-order chi connectivity index (χ1) is 16.3. The zero-order chi connectivity index (χ0) is 26.4. The smallest absolute Gasteiger partial charge is 0.412 e. The molecule has 35 heavy (non-hydrogen) atoms. The van der Waals surface area contributed by atoms with Crippen LogP contribution >= 0.6 is 0 Å². The van der Waals surface area contributed by atoms with E-state index in [1.54, 1.807) is 41.5 Å². The lowest BCUT2D eigenvalue weighted by Gasteiger charge is -2.41. The Kier molecular flexibility index (Phi) is 9.31. The van der Waals surface area contributed by atoms with E-state index in [1.165, 1.54) is 16.9 Å². The van der Waals surface area contributed by atoms with Crippen molar-refractivity contribution in [3.05, 3.63) is 48.0 Å². The Labute approximate surface area is 207 Å². The monoisotopic (exact) mass is 490 g/mol. The molecule has 2 amide bonds. The number of carbonyl (C=O) groups excluding carboxylic acids is 3. The van der Waals surface area contributed by atoms with Crippen LogP contribution in [0.3, 0.4) is 0 Å². The van der Waals surface area contributed by atoms with Crippen LogP contribution in [0, 0.1) is 0 Å². The summed E-state index contributed by atoms with van der Waals surface area (Å²) in [5.74, 6) is -0.597. The molecule has 194 valence electrons. The molecule has 0 bridgehead atoms. The van der Waals surface area contributed by atoms with Crippen LogP contribution in [0.15, 0.2) is 42.5 Å². The van der Waals surface area contributed by atoms with Gasteiger partial charge in [0.1, 0.15) is 11.3 Å². The minimum absolute atomic E-state index is 0.0434. The van der Waals surface area contributed by atoms with Gasteiger partial charge in [0.25, 0.3) is 0 Å². The second-order valence-corrected chi connectivity index (χ2v) is 9.85. The van der Waals surface area contributed by atoms with Gasteiger partial charge in [-0.05, 0) is 47.1 Å². The summed E-state index contributed by atoms with van der Waals surface area (Å²) < 4.78 is 21.9. The van der Waals surface area contributed by atoms with Gasteiger partial charge in [-0.3, -0.25) is 9.80 Å². The Bertz CT molecular complexity index is 908. The fourth-order valence-corrected chi connectivity index (χ4v) is 4.02. The number of amides is 2. The van der Waals surface area contributed by atoms with Crippen molar-refractivity contribution in [2.75, 3.05) is 20.3 Å². The molecule has 0 aliphatic carbocycles. The van der Waals surface area contributed by atoms with Crippen LogP contribution in [0.1, 0.15) is 53.5 Å². The standard InChI is InChI=1S/C26H38N2O7/c1-9-33-23(30)27(16-19-13-11-10-12-14-19)20(15-18(2)22(29)32-8)21-17-34-26(6,7)28(21)24(31)35-25(3,4)5/h10-14,20-21H,2,9,15-17H2,1,3-8H3/t20-,21-/m0/s1. The number of carbonyl (C=O) groups is 3. The summed E-state index contributed by atoms with van der Waals surface area (Å²) in [7, 11) is 1.27. The summed E-state index contributed by atoms with van der Waals surface area (Å²) >= 11 is 0. The zero-order valence-electron chi connectivity index (χ0n) is 21.8. The van der Waals surface area contributed by atoms with Gasteiger partial charge in [-0.25, -0.2) is 14.4 Å². The third-order valence-electron chi connectivity index (χ3n) is 5.58. The summed E-state index contributed by atoms with van der Waals surface area (Å²) in [6.45, 7) is 14.9. The number of hydrogen-bond donors (Lipinski definition) is 0. The summed E-state index contributed by atoms with van der Waals surface area (Å²) in [5, 5.41) is 0. The molecule has 0 N–H and O–H groups in total. The van der Waals surface area contributed by atoms with Crippen LogP contribution in [0.25, 0.3) is 0 Å². The van der Waals surface area contributed by atoms with Crippen molar-refractivity contribution in [1.82, 2.24) is 9.80 Å². The lowest BCUT2D eigenvalue weighted by atomic mass is 9.97. The Morgan fingerprint density at radius 1 is 1.23 bits per heavy atom. The molecular formula is C26H38N2O7. The largest absolute Gasteiger partial charge is 0.466 e. The van der Waals surface area contributed by atoms with Crippen LogP contribution in [0.2, 0.25) is 0 Å². The average molecular weight is 491 g/mol. The molecule has 9 nitrogen and oxygen atoms in total. The number of benzene rings is 1. The van der Waals surface area contributed by atoms with Crippen molar-refractivity contribution in [1.29, 1.82) is 0 Å². The number of methoxy groups -OCH3 is 1. The molecule has 1 fully saturated rings. The van der Waals surface area contributed by atoms with E-state index in [-0.39, 0.29) is 31.8 Å². The first-order valence-electron chi connectivity index (χ1n) is 11.7. The van der Waals surface area contributed by atoms with Crippen molar-refractivity contribution in [3.63, 3.8) is 0 Å². The molecule has 0 radical (unpaired) electrons. The molecule has 1 aromatic rings. The molecule has 1 saturated heterocycles. The maximum atomic E-state index is 13.3. The molecule has 0 spiro atoms. The Balaban J connectivity index is 2.55. The van der Waals surface area contributed by atoms with Crippen LogP contribution in [0.4, 0.5) is 9.59 Å². The maximum absolute atomic E-state index is 13.3. The minimum Gasteiger partial charge on any atom is -0.466 e. The van der Waals surface area contributed by atoms with Gasteiger partial charge in [-0.15, -0.1) is 0 Å². The fraction of sp³-hybridized carbons (Fsp3) is 0.577. The lowest BCUT2D eigenvalue weighted by Crippen LogP contribution is -2.58. The van der Waals surface area contributed by atoms with Crippen LogP contribution < -0.4 is 0 Å². The Morgan fingerprint density at radius 2 is 1.86 bits per heavy atom. The minimum atomic E-state index is -1.01. The SMILES string of the molecule is C=C(C[C@@H]([C@@H]1COC(C)(C)N1C(=O)OC(C)(C)C)N(Cc1ccccc1)C(=O)OCC)C(=O)OC. The second-order valence-electron chi connectivity index (χ2n) is 9.85. The average Bonchev–Trinajstić information content (AvgIpc) is 3.09. The molecule has 0 aromatic heterocycles. The van der Waals surface area contributed by atoms with Gasteiger partial charge >= 0.3 is 18.2 Å². The first-order valence-corrected chi connectivity index (χ1v) is 11.7. The topological polar surface area (TPSA) is 94.6 Å². The first kappa shape index (κ1) is 28.2. The van der Waals surface area contributed by atoms with E-state index in [0.29, 0.717) is 0 Å². The van der Waals surface area contributed by atoms with Crippen LogP contribution in [-0.4, -0.2) is 71.7 Å². The summed E-state index contributed by atoms with van der Waals surface area (Å²) in [5.41, 5.74) is -0.730. The van der Waals surface area contributed by atoms with Gasteiger partial charge in [0, 0.05) is 18.5 Å². The number of esters is 1. The molecular weight excluding hydrogens is 452 g/mol. The van der Waals surface area contributed by atoms with Gasteiger partial charge in [0.15, 0.2) is 0 Å². The van der Waals surface area contributed by atoms with Gasteiger partial charge in [0.2, 0.25) is 0 Å². The normalized spacial score (nSPS) is 17.9. The van der Waals surface area contributed by atoms with E-state index in [0.717, 1.165) is 5.56 Å².